The molecule has 0 spiro atoms. The topological polar surface area (TPSA) is 30.2 Å². The van der Waals surface area contributed by atoms with Crippen molar-refractivity contribution in [2.45, 2.75) is 0 Å². The van der Waals surface area contributed by atoms with Gasteiger partial charge in [0.2, 0.25) is 0 Å². The zero-order chi connectivity index (χ0) is 8.55. The highest BCUT2D eigenvalue weighted by molar-refractivity contribution is 7.78. The van der Waals surface area contributed by atoms with Crippen molar-refractivity contribution in [1.29, 1.82) is 0 Å². The quantitative estimate of drug-likeness (QED) is 0.492. The van der Waals surface area contributed by atoms with E-state index in [2.05, 4.69) is 32.1 Å². The summed E-state index contributed by atoms with van der Waals surface area (Å²) in [6, 6.07) is 0. The number of hydrogen-bond acceptors (Lipinski definition) is 3. The van der Waals surface area contributed by atoms with Crippen LogP contribution < -0.4 is 0 Å². The molecule has 62 valence electrons. The molecule has 12 heavy (non-hydrogen) atoms. The maximum atomic E-state index is 4.21. The Bertz CT molecular complexity index is 367. The molecule has 1 atom stereocenters. The first-order valence-corrected chi connectivity index (χ1v) is 4.48. The molecule has 5 heteroatoms. The van der Waals surface area contributed by atoms with Crippen LogP contribution in [-0.4, -0.2) is 21.9 Å². The van der Waals surface area contributed by atoms with Gasteiger partial charge in [-0.15, -0.1) is 9.24 Å². The molecule has 1 aliphatic rings. The van der Waals surface area contributed by atoms with E-state index in [1.54, 1.807) is 0 Å². The van der Waals surface area contributed by atoms with Crippen LogP contribution in [0.4, 0.5) is 0 Å². The first-order valence-electron chi connectivity index (χ1n) is 3.50. The highest BCUT2D eigenvalue weighted by Crippen LogP contribution is 2.17. The van der Waals surface area contributed by atoms with E-state index in [0.717, 1.165) is 23.1 Å². The van der Waals surface area contributed by atoms with E-state index < -0.39 is 0 Å². The summed E-state index contributed by atoms with van der Waals surface area (Å²) in [6.45, 7) is 0.730. The SMILES string of the molecule is PC1=Cc2nn(S)cc2C=NC1. The van der Waals surface area contributed by atoms with Gasteiger partial charge in [0, 0.05) is 18.0 Å². The van der Waals surface area contributed by atoms with E-state index in [1.165, 1.54) is 4.09 Å². The van der Waals surface area contributed by atoms with E-state index in [1.807, 2.05) is 18.5 Å². The normalized spacial score (nSPS) is 15.3. The summed E-state index contributed by atoms with van der Waals surface area (Å²) in [5.41, 5.74) is 1.94. The van der Waals surface area contributed by atoms with E-state index in [4.69, 9.17) is 0 Å². The van der Waals surface area contributed by atoms with Crippen LogP contribution >= 0.6 is 22.1 Å². The number of aromatic nitrogens is 2. The Morgan fingerprint density at radius 2 is 2.42 bits per heavy atom. The summed E-state index contributed by atoms with van der Waals surface area (Å²) in [5.74, 6) is 0. The smallest absolute Gasteiger partial charge is 0.0952 e. The van der Waals surface area contributed by atoms with Gasteiger partial charge in [0.05, 0.1) is 12.2 Å². The summed E-state index contributed by atoms with van der Waals surface area (Å²) < 4.78 is 1.50. The van der Waals surface area contributed by atoms with Gasteiger partial charge in [-0.2, -0.15) is 5.10 Å². The lowest BCUT2D eigenvalue weighted by molar-refractivity contribution is 1.01. The standard InChI is InChI=1S/C7H8N3PS/c11-6-1-7-5(2-8-3-6)4-10(12)9-7/h1-2,4,12H,3,11H2. The van der Waals surface area contributed by atoms with E-state index in [9.17, 15) is 0 Å². The molecule has 1 aromatic rings. The molecule has 2 heterocycles. The Hall–Kier alpha value is -0.600. The summed E-state index contributed by atoms with van der Waals surface area (Å²) in [6.07, 6.45) is 5.66. The third kappa shape index (κ3) is 1.45. The summed E-state index contributed by atoms with van der Waals surface area (Å²) in [5, 5.41) is 5.30. The van der Waals surface area contributed by atoms with Gasteiger partial charge in [0.1, 0.15) is 0 Å². The van der Waals surface area contributed by atoms with Gasteiger partial charge >= 0.3 is 0 Å². The van der Waals surface area contributed by atoms with Crippen molar-refractivity contribution >= 4 is 34.3 Å². The minimum Gasteiger partial charge on any atom is -0.288 e. The second-order valence-corrected chi connectivity index (χ2v) is 3.73. The second kappa shape index (κ2) is 3.04. The first kappa shape index (κ1) is 8.02. The zero-order valence-electron chi connectivity index (χ0n) is 6.31. The summed E-state index contributed by atoms with van der Waals surface area (Å²) in [7, 11) is 2.64. The van der Waals surface area contributed by atoms with Gasteiger partial charge in [-0.25, -0.2) is 4.09 Å². The van der Waals surface area contributed by atoms with Crippen LogP contribution in [0.1, 0.15) is 11.3 Å². The first-order chi connectivity index (χ1) is 5.75. The maximum absolute atomic E-state index is 4.21. The Labute approximate surface area is 78.3 Å². The monoisotopic (exact) mass is 197 g/mol. The molecule has 0 aromatic carbocycles. The Balaban J connectivity index is 2.56. The van der Waals surface area contributed by atoms with Crippen LogP contribution in [0.15, 0.2) is 16.5 Å². The fourth-order valence-corrected chi connectivity index (χ4v) is 1.55. The molecule has 1 aliphatic heterocycles. The number of thiol groups is 1. The highest BCUT2D eigenvalue weighted by atomic mass is 32.1. The molecule has 1 unspecified atom stereocenters. The van der Waals surface area contributed by atoms with Crippen molar-refractivity contribution in [1.82, 2.24) is 9.19 Å². The third-order valence-electron chi connectivity index (χ3n) is 1.59. The van der Waals surface area contributed by atoms with Crippen LogP contribution in [0.5, 0.6) is 0 Å². The highest BCUT2D eigenvalue weighted by Gasteiger charge is 2.06. The number of fused-ring (bicyclic) bond motifs is 1. The molecule has 0 aliphatic carbocycles. The average Bonchev–Trinajstić information content (AvgIpc) is 2.23. The van der Waals surface area contributed by atoms with Crippen molar-refractivity contribution in [2.24, 2.45) is 4.99 Å². The molecule has 0 fully saturated rings. The Kier molecular flexibility index (Phi) is 2.03. The fraction of sp³-hybridized carbons (Fsp3) is 0.143. The predicted molar refractivity (Wildman–Crippen MR) is 56.8 cm³/mol. The number of rotatable bonds is 0. The molecular weight excluding hydrogens is 189 g/mol. The van der Waals surface area contributed by atoms with Crippen molar-refractivity contribution in [3.05, 3.63) is 22.8 Å². The van der Waals surface area contributed by atoms with E-state index in [0.29, 0.717) is 0 Å². The molecule has 0 radical (unpaired) electrons. The van der Waals surface area contributed by atoms with Gasteiger partial charge < -0.3 is 0 Å². The largest absolute Gasteiger partial charge is 0.288 e. The molecule has 0 N–H and O–H groups in total. The molecule has 3 nitrogen and oxygen atoms in total. The lowest BCUT2D eigenvalue weighted by Crippen LogP contribution is -1.81. The van der Waals surface area contributed by atoms with Gasteiger partial charge in [-0.05, 0) is 24.2 Å². The molecule has 0 amide bonds. The molecule has 0 saturated heterocycles. The molecule has 1 aromatic heterocycles. The molecular formula is C7H8N3PS. The van der Waals surface area contributed by atoms with Crippen LogP contribution in [0.25, 0.3) is 6.08 Å². The van der Waals surface area contributed by atoms with Crippen molar-refractivity contribution in [3.8, 4) is 0 Å². The average molecular weight is 197 g/mol. The van der Waals surface area contributed by atoms with E-state index >= 15 is 0 Å². The lowest BCUT2D eigenvalue weighted by atomic mass is 10.2. The van der Waals surface area contributed by atoms with Crippen LogP contribution in [0, 0.1) is 0 Å². The van der Waals surface area contributed by atoms with Gasteiger partial charge in [0.15, 0.2) is 0 Å². The fourth-order valence-electron chi connectivity index (χ4n) is 1.07. The third-order valence-corrected chi connectivity index (χ3v) is 2.14. The number of nitrogens with zero attached hydrogens (tertiary/aromatic N) is 3. The van der Waals surface area contributed by atoms with Gasteiger partial charge in [0.25, 0.3) is 0 Å². The predicted octanol–water partition coefficient (Wildman–Crippen LogP) is 1.22. The Morgan fingerprint density at radius 1 is 1.58 bits per heavy atom. The summed E-state index contributed by atoms with van der Waals surface area (Å²) >= 11 is 4.08. The maximum Gasteiger partial charge on any atom is 0.0952 e. The van der Waals surface area contributed by atoms with Gasteiger partial charge in [-0.1, -0.05) is 0 Å². The van der Waals surface area contributed by atoms with Crippen LogP contribution in [0.2, 0.25) is 0 Å². The minimum absolute atomic E-state index is 0.730. The molecule has 0 saturated carbocycles. The number of hydrogen-bond donors (Lipinski definition) is 1. The van der Waals surface area contributed by atoms with Crippen LogP contribution in [0.3, 0.4) is 0 Å². The van der Waals surface area contributed by atoms with Crippen molar-refractivity contribution < 1.29 is 0 Å². The number of aliphatic imine (C=N–C) groups is 1. The van der Waals surface area contributed by atoms with E-state index in [-0.39, 0.29) is 0 Å². The zero-order valence-corrected chi connectivity index (χ0v) is 8.35. The molecule has 0 bridgehead atoms. The van der Waals surface area contributed by atoms with Crippen LogP contribution in [-0.2, 0) is 0 Å². The van der Waals surface area contributed by atoms with Crippen molar-refractivity contribution in [3.63, 3.8) is 0 Å². The Morgan fingerprint density at radius 3 is 3.25 bits per heavy atom. The van der Waals surface area contributed by atoms with Crippen molar-refractivity contribution in [2.75, 3.05) is 6.54 Å². The second-order valence-electron chi connectivity index (χ2n) is 2.58. The van der Waals surface area contributed by atoms with Gasteiger partial charge in [-0.3, -0.25) is 4.99 Å². The summed E-state index contributed by atoms with van der Waals surface area (Å²) in [4.78, 5) is 4.21. The lowest BCUT2D eigenvalue weighted by Gasteiger charge is -1.89. The minimum atomic E-state index is 0.730. The molecule has 2 rings (SSSR count).